The summed E-state index contributed by atoms with van der Waals surface area (Å²) in [7, 11) is 0. The fourth-order valence-electron chi connectivity index (χ4n) is 4.02. The van der Waals surface area contributed by atoms with Gasteiger partial charge in [0.15, 0.2) is 6.29 Å². The Morgan fingerprint density at radius 1 is 1.21 bits per heavy atom. The number of fused-ring (bicyclic) bond motifs is 1. The van der Waals surface area contributed by atoms with Crippen molar-refractivity contribution in [1.82, 2.24) is 4.98 Å². The number of aromatic nitrogens is 1. The number of ether oxygens (including phenoxy) is 1. The zero-order valence-corrected chi connectivity index (χ0v) is 18.3. The summed E-state index contributed by atoms with van der Waals surface area (Å²) >= 11 is 3.46. The molecule has 2 aromatic carbocycles. The molecule has 0 bridgehead atoms. The van der Waals surface area contributed by atoms with Crippen LogP contribution in [-0.2, 0) is 0 Å². The van der Waals surface area contributed by atoms with Gasteiger partial charge in [-0.05, 0) is 76.0 Å². The number of rotatable bonds is 5. The number of pyridine rings is 1. The van der Waals surface area contributed by atoms with E-state index in [-0.39, 0.29) is 17.8 Å². The largest absolute Gasteiger partial charge is 0.474 e. The van der Waals surface area contributed by atoms with Gasteiger partial charge in [0.1, 0.15) is 11.9 Å². The van der Waals surface area contributed by atoms with Crippen molar-refractivity contribution in [3.8, 4) is 17.0 Å². The highest BCUT2D eigenvalue weighted by atomic mass is 79.9. The van der Waals surface area contributed by atoms with E-state index in [9.17, 15) is 9.18 Å². The first-order valence-corrected chi connectivity index (χ1v) is 10.7. The molecule has 29 heavy (non-hydrogen) atoms. The molecular weight excluding hydrogens is 433 g/mol. The minimum Gasteiger partial charge on any atom is -0.474 e. The van der Waals surface area contributed by atoms with Crippen LogP contribution >= 0.6 is 15.9 Å². The highest BCUT2D eigenvalue weighted by molar-refractivity contribution is 9.10. The Bertz CT molecular complexity index is 1070. The Hall–Kier alpha value is -2.27. The zero-order chi connectivity index (χ0) is 20.7. The van der Waals surface area contributed by atoms with Crippen LogP contribution in [0.1, 0.15) is 55.5 Å². The predicted molar refractivity (Wildman–Crippen MR) is 117 cm³/mol. The van der Waals surface area contributed by atoms with E-state index in [1.54, 1.807) is 12.1 Å². The average Bonchev–Trinajstić information content (AvgIpc) is 2.65. The van der Waals surface area contributed by atoms with Gasteiger partial charge < -0.3 is 4.74 Å². The second kappa shape index (κ2) is 7.86. The summed E-state index contributed by atoms with van der Waals surface area (Å²) in [5, 5.41) is 0.861. The van der Waals surface area contributed by atoms with Crippen LogP contribution in [0.25, 0.3) is 22.0 Å². The van der Waals surface area contributed by atoms with Crippen LogP contribution < -0.4 is 4.74 Å². The Kier molecular flexibility index (Phi) is 5.43. The second-order valence-electron chi connectivity index (χ2n) is 8.19. The lowest BCUT2D eigenvalue weighted by atomic mass is 9.84. The molecule has 3 nitrogen and oxygen atoms in total. The van der Waals surface area contributed by atoms with Crippen molar-refractivity contribution in [3.63, 3.8) is 0 Å². The van der Waals surface area contributed by atoms with E-state index >= 15 is 0 Å². The first kappa shape index (κ1) is 20.0. The number of hydrogen-bond acceptors (Lipinski definition) is 3. The summed E-state index contributed by atoms with van der Waals surface area (Å²) in [5.41, 5.74) is 4.12. The molecule has 0 N–H and O–H groups in total. The summed E-state index contributed by atoms with van der Waals surface area (Å²) in [5.74, 6) is 1.16. The molecule has 1 aliphatic rings. The van der Waals surface area contributed by atoms with Gasteiger partial charge in [-0.3, -0.25) is 4.79 Å². The van der Waals surface area contributed by atoms with Crippen LogP contribution in [-0.4, -0.2) is 17.4 Å². The average molecular weight is 456 g/mol. The minimum atomic E-state index is -0.283. The van der Waals surface area contributed by atoms with Crippen molar-refractivity contribution in [1.29, 1.82) is 0 Å². The molecule has 0 unspecified atom stereocenters. The number of carbonyl (C=O) groups is 1. The van der Waals surface area contributed by atoms with Gasteiger partial charge in [0.05, 0.1) is 5.52 Å². The third-order valence-corrected chi connectivity index (χ3v) is 6.24. The van der Waals surface area contributed by atoms with E-state index in [1.165, 1.54) is 12.1 Å². The summed E-state index contributed by atoms with van der Waals surface area (Å²) < 4.78 is 20.6. The fourth-order valence-corrected chi connectivity index (χ4v) is 4.44. The molecule has 0 saturated heterocycles. The summed E-state index contributed by atoms with van der Waals surface area (Å²) in [4.78, 5) is 16.4. The maximum Gasteiger partial charge on any atom is 0.218 e. The molecule has 0 spiro atoms. The molecular formula is C24H23BrFNO2. The standard InChI is InChI=1S/C24H23BrFNO2/c1-13(2)22-23(15-4-6-17(26)7-5-15)19-10-16(12-28)20(25)11-21(19)27-24(22)29-18-8-14(3)9-18/h4-7,10-14,18H,8-9H2,1-3H3. The quantitative estimate of drug-likeness (QED) is 0.392. The molecule has 150 valence electrons. The first-order chi connectivity index (χ1) is 13.9. The number of halogens is 2. The molecule has 0 atom stereocenters. The molecule has 5 heteroatoms. The molecule has 1 heterocycles. The molecule has 0 aliphatic heterocycles. The summed E-state index contributed by atoms with van der Waals surface area (Å²) in [6.45, 7) is 6.43. The van der Waals surface area contributed by atoms with Gasteiger partial charge >= 0.3 is 0 Å². The predicted octanol–water partition coefficient (Wildman–Crippen LogP) is 6.92. The number of carbonyl (C=O) groups excluding carboxylic acids is 1. The lowest BCUT2D eigenvalue weighted by Crippen LogP contribution is -2.32. The van der Waals surface area contributed by atoms with Crippen molar-refractivity contribution in [2.24, 2.45) is 5.92 Å². The third kappa shape index (κ3) is 3.80. The van der Waals surface area contributed by atoms with E-state index in [4.69, 9.17) is 9.72 Å². The smallest absolute Gasteiger partial charge is 0.218 e. The fraction of sp³-hybridized carbons (Fsp3) is 0.333. The van der Waals surface area contributed by atoms with Crippen molar-refractivity contribution >= 4 is 33.1 Å². The van der Waals surface area contributed by atoms with Crippen LogP contribution in [0, 0.1) is 11.7 Å². The van der Waals surface area contributed by atoms with E-state index in [2.05, 4.69) is 36.7 Å². The number of hydrogen-bond donors (Lipinski definition) is 0. The van der Waals surface area contributed by atoms with Crippen LogP contribution in [0.3, 0.4) is 0 Å². The normalized spacial score (nSPS) is 18.7. The van der Waals surface area contributed by atoms with Crippen molar-refractivity contribution < 1.29 is 13.9 Å². The number of aldehydes is 1. The molecule has 1 aromatic heterocycles. The van der Waals surface area contributed by atoms with Crippen molar-refractivity contribution in [2.45, 2.75) is 45.6 Å². The lowest BCUT2D eigenvalue weighted by Gasteiger charge is -2.33. The maximum atomic E-state index is 13.6. The SMILES string of the molecule is CC1CC(Oc2nc3cc(Br)c(C=O)cc3c(-c3ccc(F)cc3)c2C(C)C)C1. The summed E-state index contributed by atoms with van der Waals surface area (Å²) in [6, 6.07) is 10.2. The van der Waals surface area contributed by atoms with Crippen LogP contribution in [0.4, 0.5) is 4.39 Å². The highest BCUT2D eigenvalue weighted by Gasteiger charge is 2.30. The van der Waals surface area contributed by atoms with Gasteiger partial charge in [-0.2, -0.15) is 0 Å². The topological polar surface area (TPSA) is 39.2 Å². The maximum absolute atomic E-state index is 13.6. The van der Waals surface area contributed by atoms with Crippen LogP contribution in [0.15, 0.2) is 40.9 Å². The zero-order valence-electron chi connectivity index (χ0n) is 16.7. The Balaban J connectivity index is 2.01. The highest BCUT2D eigenvalue weighted by Crippen LogP contribution is 2.43. The molecule has 0 radical (unpaired) electrons. The van der Waals surface area contributed by atoms with Gasteiger partial charge in [-0.1, -0.05) is 32.9 Å². The molecule has 1 saturated carbocycles. The van der Waals surface area contributed by atoms with Crippen LogP contribution in [0.5, 0.6) is 5.88 Å². The first-order valence-electron chi connectivity index (χ1n) is 9.92. The van der Waals surface area contributed by atoms with E-state index in [1.807, 2.05) is 12.1 Å². The monoisotopic (exact) mass is 455 g/mol. The van der Waals surface area contributed by atoms with E-state index in [0.29, 0.717) is 21.8 Å². The van der Waals surface area contributed by atoms with Crippen LogP contribution in [0.2, 0.25) is 0 Å². The van der Waals surface area contributed by atoms with E-state index in [0.717, 1.165) is 46.7 Å². The molecule has 3 aromatic rings. The van der Waals surface area contributed by atoms with Crippen molar-refractivity contribution in [3.05, 3.63) is 57.8 Å². The molecule has 1 fully saturated rings. The Morgan fingerprint density at radius 2 is 1.90 bits per heavy atom. The Morgan fingerprint density at radius 3 is 2.48 bits per heavy atom. The van der Waals surface area contributed by atoms with Gasteiger partial charge in [0.2, 0.25) is 5.88 Å². The van der Waals surface area contributed by atoms with Gasteiger partial charge in [0.25, 0.3) is 0 Å². The van der Waals surface area contributed by atoms with Gasteiger partial charge in [-0.15, -0.1) is 0 Å². The second-order valence-corrected chi connectivity index (χ2v) is 9.05. The molecule has 1 aliphatic carbocycles. The van der Waals surface area contributed by atoms with Crippen molar-refractivity contribution in [2.75, 3.05) is 0 Å². The Labute approximate surface area is 178 Å². The van der Waals surface area contributed by atoms with Gasteiger partial charge in [-0.25, -0.2) is 9.37 Å². The summed E-state index contributed by atoms with van der Waals surface area (Å²) in [6.07, 6.45) is 3.05. The number of benzene rings is 2. The van der Waals surface area contributed by atoms with Gasteiger partial charge in [0, 0.05) is 21.0 Å². The lowest BCUT2D eigenvalue weighted by molar-refractivity contribution is 0.0687. The minimum absolute atomic E-state index is 0.141. The molecule has 4 rings (SSSR count). The number of nitrogens with zero attached hydrogens (tertiary/aromatic N) is 1. The molecule has 0 amide bonds. The third-order valence-electron chi connectivity index (χ3n) is 5.55. The van der Waals surface area contributed by atoms with E-state index < -0.39 is 0 Å².